The molecule has 0 fully saturated rings. The van der Waals surface area contributed by atoms with Gasteiger partial charge in [0.15, 0.2) is 0 Å². The largest absolute Gasteiger partial charge is 1.00 e. The molecule has 0 aromatic rings. The monoisotopic (exact) mass is 334 g/mol. The van der Waals surface area contributed by atoms with Crippen molar-refractivity contribution in [2.75, 3.05) is 6.61 Å². The third kappa shape index (κ3) is 36.0. The first kappa shape index (κ1) is 26.5. The van der Waals surface area contributed by atoms with Crippen LogP contribution in [0.3, 0.4) is 0 Å². The van der Waals surface area contributed by atoms with Crippen LogP contribution in [-0.2, 0) is 13.4 Å². The zero-order valence-electron chi connectivity index (χ0n) is 7.42. The Bertz CT molecular complexity index is 147. The molecule has 0 radical (unpaired) electrons. The molecule has 1 N–H and O–H groups in total. The summed E-state index contributed by atoms with van der Waals surface area (Å²) >= 11 is 9.96. The topological polar surface area (TPSA) is 110 Å². The summed E-state index contributed by atoms with van der Waals surface area (Å²) < 4.78 is 21.6. The Balaban J connectivity index is -0.0000000651. The van der Waals surface area contributed by atoms with Gasteiger partial charge in [-0.25, -0.2) is 0 Å². The predicted molar refractivity (Wildman–Crippen MR) is 38.9 cm³/mol. The summed E-state index contributed by atoms with van der Waals surface area (Å²) in [7, 11) is -6.47. The van der Waals surface area contributed by atoms with Crippen LogP contribution in [0.25, 0.3) is 0 Å². The van der Waals surface area contributed by atoms with Crippen molar-refractivity contribution in [3.05, 3.63) is 0 Å². The molecule has 0 aliphatic carbocycles. The predicted octanol–water partition coefficient (Wildman–Crippen LogP) is -6.17. The smallest absolute Gasteiger partial charge is 0.563 e. The molecule has 2 atom stereocenters. The number of halogens is 2. The molecule has 6 nitrogen and oxygen atoms in total. The standard InChI is InChI=1S/C2H4Cl2O.2K.O5P2/c3-2(4)1-5;;;1-6(2)5-7(3)4/h2,5H,1H2;;;/q;2*+1;. The minimum atomic E-state index is -3.24. The van der Waals surface area contributed by atoms with E-state index in [-0.39, 0.29) is 109 Å². The Kier molecular flexibility index (Phi) is 36.4. The van der Waals surface area contributed by atoms with E-state index in [0.717, 1.165) is 0 Å². The summed E-state index contributed by atoms with van der Waals surface area (Å²) in [6.45, 7) is -0.164. The molecule has 0 spiro atoms. The average Bonchev–Trinajstić information content (AvgIpc) is 1.85. The Morgan fingerprint density at radius 3 is 1.43 bits per heavy atom. The number of rotatable bonds is 3. The van der Waals surface area contributed by atoms with Crippen LogP contribution in [0.5, 0.6) is 0 Å². The minimum Gasteiger partial charge on any atom is -0.563 e. The molecule has 0 saturated carbocycles. The van der Waals surface area contributed by atoms with Crippen molar-refractivity contribution in [3.8, 4) is 0 Å². The van der Waals surface area contributed by atoms with E-state index in [1.54, 1.807) is 0 Å². The second-order valence-electron chi connectivity index (χ2n) is 1.10. The maximum atomic E-state index is 9.24. The van der Waals surface area contributed by atoms with Crippen LogP contribution in [-0.4, -0.2) is 16.5 Å². The quantitative estimate of drug-likeness (QED) is 0.312. The molecular formula is C2H4Cl2K2O6P2+2. The van der Waals surface area contributed by atoms with Crippen molar-refractivity contribution >= 4 is 39.7 Å². The summed E-state index contributed by atoms with van der Waals surface area (Å²) in [5, 5.41) is 7.88. The van der Waals surface area contributed by atoms with Crippen LogP contribution in [0.2, 0.25) is 0 Å². The summed E-state index contributed by atoms with van der Waals surface area (Å²) in [5.41, 5.74) is 0. The van der Waals surface area contributed by atoms with Gasteiger partial charge in [-0.05, 0) is 9.13 Å². The van der Waals surface area contributed by atoms with E-state index in [2.05, 4.69) is 4.31 Å². The van der Waals surface area contributed by atoms with Crippen LogP contribution in [0, 0.1) is 0 Å². The van der Waals surface area contributed by atoms with E-state index in [1.807, 2.05) is 0 Å². The molecule has 0 aliphatic rings. The average molecular weight is 335 g/mol. The minimum absolute atomic E-state index is 0. The Morgan fingerprint density at radius 1 is 1.21 bits per heavy atom. The molecule has 0 aliphatic heterocycles. The first-order valence-corrected chi connectivity index (χ1v) is 5.32. The molecule has 0 rings (SSSR count). The first-order valence-electron chi connectivity index (χ1n) is 2.26. The van der Waals surface area contributed by atoms with Gasteiger partial charge in [0.2, 0.25) is 0 Å². The van der Waals surface area contributed by atoms with Gasteiger partial charge in [-0.3, -0.25) is 0 Å². The summed E-state index contributed by atoms with van der Waals surface area (Å²) in [6, 6.07) is 0. The van der Waals surface area contributed by atoms with Crippen LogP contribution in [0.4, 0.5) is 0 Å². The number of hydrogen-bond acceptors (Lipinski definition) is 6. The van der Waals surface area contributed by atoms with E-state index in [0.29, 0.717) is 0 Å². The van der Waals surface area contributed by atoms with Gasteiger partial charge in [0.25, 0.3) is 0 Å². The van der Waals surface area contributed by atoms with Gasteiger partial charge >= 0.3 is 119 Å². The fourth-order valence-corrected chi connectivity index (χ4v) is 0.490. The molecule has 0 bridgehead atoms. The normalized spacial score (nSPS) is 10.1. The van der Waals surface area contributed by atoms with Crippen LogP contribution >= 0.6 is 39.7 Å². The molecule has 72 valence electrons. The molecule has 0 aromatic heterocycles. The van der Waals surface area contributed by atoms with Gasteiger partial charge < -0.3 is 14.9 Å². The molecule has 2 unspecified atom stereocenters. The molecule has 0 aromatic carbocycles. The van der Waals surface area contributed by atoms with Crippen molar-refractivity contribution in [2.45, 2.75) is 4.84 Å². The zero-order valence-corrected chi connectivity index (χ0v) is 17.0. The number of aliphatic hydroxyl groups is 1. The second-order valence-corrected chi connectivity index (χ2v) is 3.93. The zero-order chi connectivity index (χ0) is 10.1. The number of aliphatic hydroxyl groups excluding tert-OH is 1. The molecule has 14 heavy (non-hydrogen) atoms. The van der Waals surface area contributed by atoms with E-state index in [9.17, 15) is 18.9 Å². The number of alkyl halides is 2. The fourth-order valence-electron chi connectivity index (χ4n) is 0.0544. The van der Waals surface area contributed by atoms with E-state index in [1.165, 1.54) is 0 Å². The second kappa shape index (κ2) is 19.2. The van der Waals surface area contributed by atoms with Crippen molar-refractivity contribution in [1.82, 2.24) is 0 Å². The van der Waals surface area contributed by atoms with Crippen molar-refractivity contribution in [1.29, 1.82) is 0 Å². The number of hydrogen-bond donors (Lipinski definition) is 1. The fraction of sp³-hybridized carbons (Fsp3) is 1.00. The van der Waals surface area contributed by atoms with Gasteiger partial charge in [0.1, 0.15) is 9.15 Å². The van der Waals surface area contributed by atoms with Gasteiger partial charge in [-0.2, -0.15) is 0 Å². The van der Waals surface area contributed by atoms with Gasteiger partial charge in [0, 0.05) is 0 Å². The summed E-state index contributed by atoms with van der Waals surface area (Å²) in [5.74, 6) is 0. The Labute approximate surface area is 178 Å². The maximum Gasteiger partial charge on any atom is 1.00 e. The van der Waals surface area contributed by atoms with E-state index >= 15 is 0 Å². The van der Waals surface area contributed by atoms with Crippen molar-refractivity contribution < 1.29 is 131 Å². The van der Waals surface area contributed by atoms with Gasteiger partial charge in [-0.15, -0.1) is 23.2 Å². The SMILES string of the molecule is O=[P+]([O-])O[P+](=O)[O-].OCC(Cl)Cl.[K+].[K+]. The van der Waals surface area contributed by atoms with Gasteiger partial charge in [0.05, 0.1) is 6.61 Å². The molecule has 0 heterocycles. The van der Waals surface area contributed by atoms with Crippen LogP contribution in [0.1, 0.15) is 0 Å². The molecule has 12 heteroatoms. The van der Waals surface area contributed by atoms with Crippen LogP contribution < -0.4 is 113 Å². The maximum absolute atomic E-state index is 9.24. The van der Waals surface area contributed by atoms with Crippen LogP contribution in [0.15, 0.2) is 0 Å². The van der Waals surface area contributed by atoms with E-state index < -0.39 is 21.3 Å². The summed E-state index contributed by atoms with van der Waals surface area (Å²) in [4.78, 5) is 17.9. The van der Waals surface area contributed by atoms with Crippen molar-refractivity contribution in [2.24, 2.45) is 0 Å². The molecule has 0 amide bonds. The van der Waals surface area contributed by atoms with E-state index in [4.69, 9.17) is 28.3 Å². The Morgan fingerprint density at radius 2 is 1.43 bits per heavy atom. The Hall–Kier alpha value is 3.89. The molecule has 0 saturated heterocycles. The first-order chi connectivity index (χ1) is 5.40. The third-order valence-corrected chi connectivity index (χ3v) is 1.61. The van der Waals surface area contributed by atoms with Crippen molar-refractivity contribution in [3.63, 3.8) is 0 Å². The molecular weight excluding hydrogens is 331 g/mol. The third-order valence-electron chi connectivity index (χ3n) is 0.271. The summed E-state index contributed by atoms with van der Waals surface area (Å²) in [6.07, 6.45) is 0. The van der Waals surface area contributed by atoms with Gasteiger partial charge in [-0.1, -0.05) is 0 Å².